The first-order chi connectivity index (χ1) is 14.8. The topological polar surface area (TPSA) is 95.5 Å². The highest BCUT2D eigenvalue weighted by molar-refractivity contribution is 7.99. The minimum absolute atomic E-state index is 0.0514. The quantitative estimate of drug-likeness (QED) is 0.529. The number of imidazole rings is 1. The number of thioether (sulfide) groups is 1. The van der Waals surface area contributed by atoms with Crippen LogP contribution in [-0.2, 0) is 14.6 Å². The van der Waals surface area contributed by atoms with Crippen LogP contribution in [0.1, 0.15) is 30.9 Å². The fourth-order valence-electron chi connectivity index (χ4n) is 4.15. The number of hydrogen-bond donors (Lipinski definition) is 0. The highest BCUT2D eigenvalue weighted by Crippen LogP contribution is 2.30. The van der Waals surface area contributed by atoms with Gasteiger partial charge >= 0.3 is 0 Å². The van der Waals surface area contributed by atoms with Gasteiger partial charge in [0.15, 0.2) is 15.5 Å². The van der Waals surface area contributed by atoms with E-state index in [0.29, 0.717) is 24.2 Å². The van der Waals surface area contributed by atoms with Crippen molar-refractivity contribution in [3.8, 4) is 6.07 Å². The van der Waals surface area contributed by atoms with Gasteiger partial charge in [-0.25, -0.2) is 13.4 Å². The fourth-order valence-corrected chi connectivity index (χ4v) is 6.89. The van der Waals surface area contributed by atoms with Crippen LogP contribution < -0.4 is 0 Å². The number of sulfone groups is 1. The molecule has 4 rings (SSSR count). The lowest BCUT2D eigenvalue weighted by molar-refractivity contribution is -0.130. The molecule has 1 atom stereocenters. The molecule has 1 aromatic carbocycles. The molecule has 0 aliphatic carbocycles. The van der Waals surface area contributed by atoms with Crippen LogP contribution in [0.3, 0.4) is 0 Å². The van der Waals surface area contributed by atoms with Gasteiger partial charge < -0.3 is 4.90 Å². The Morgan fingerprint density at radius 3 is 2.84 bits per heavy atom. The molecule has 1 aliphatic heterocycles. The van der Waals surface area contributed by atoms with E-state index in [1.807, 2.05) is 48.6 Å². The van der Waals surface area contributed by atoms with Crippen molar-refractivity contribution in [2.45, 2.75) is 37.8 Å². The lowest BCUT2D eigenvalue weighted by atomic mass is 10.2. The Bertz CT molecular complexity index is 1310. The van der Waals surface area contributed by atoms with Gasteiger partial charge in [-0.1, -0.05) is 30.8 Å². The van der Waals surface area contributed by atoms with Crippen LogP contribution in [0, 0.1) is 18.3 Å². The molecule has 0 radical (unpaired) electrons. The molecule has 162 valence electrons. The third-order valence-electron chi connectivity index (χ3n) is 5.63. The van der Waals surface area contributed by atoms with Crippen LogP contribution in [0.25, 0.3) is 16.7 Å². The number of amides is 1. The summed E-state index contributed by atoms with van der Waals surface area (Å²) in [7, 11) is -3.06. The third kappa shape index (κ3) is 4.14. The van der Waals surface area contributed by atoms with Crippen LogP contribution in [-0.4, -0.2) is 58.5 Å². The number of fused-ring (bicyclic) bond motifs is 3. The van der Waals surface area contributed by atoms with Crippen molar-refractivity contribution in [2.24, 2.45) is 0 Å². The lowest BCUT2D eigenvalue weighted by Gasteiger charge is -2.28. The van der Waals surface area contributed by atoms with E-state index in [2.05, 4.69) is 11.1 Å². The maximum Gasteiger partial charge on any atom is 0.233 e. The predicted molar refractivity (Wildman–Crippen MR) is 122 cm³/mol. The fraction of sp³-hybridized carbons (Fsp3) is 0.409. The van der Waals surface area contributed by atoms with Crippen molar-refractivity contribution in [1.82, 2.24) is 14.3 Å². The van der Waals surface area contributed by atoms with E-state index in [9.17, 15) is 18.5 Å². The molecular weight excluding hydrogens is 432 g/mol. The summed E-state index contributed by atoms with van der Waals surface area (Å²) >= 11 is 1.40. The van der Waals surface area contributed by atoms with E-state index < -0.39 is 9.84 Å². The Morgan fingerprint density at radius 1 is 1.39 bits per heavy atom. The first-order valence-electron chi connectivity index (χ1n) is 10.3. The summed E-state index contributed by atoms with van der Waals surface area (Å²) in [5, 5.41) is 10.5. The van der Waals surface area contributed by atoms with E-state index in [-0.39, 0.29) is 29.2 Å². The summed E-state index contributed by atoms with van der Waals surface area (Å²) in [6.07, 6.45) is 1.28. The molecule has 1 aliphatic rings. The summed E-state index contributed by atoms with van der Waals surface area (Å²) in [5.74, 6) is 0.335. The van der Waals surface area contributed by atoms with Crippen LogP contribution in [0.2, 0.25) is 0 Å². The van der Waals surface area contributed by atoms with E-state index in [0.717, 1.165) is 28.0 Å². The normalized spacial score (nSPS) is 17.8. The minimum Gasteiger partial charge on any atom is -0.338 e. The number of nitriles is 1. The van der Waals surface area contributed by atoms with Gasteiger partial charge in [-0.3, -0.25) is 9.20 Å². The van der Waals surface area contributed by atoms with Crippen molar-refractivity contribution in [1.29, 1.82) is 5.26 Å². The van der Waals surface area contributed by atoms with Crippen molar-refractivity contribution in [2.75, 3.05) is 23.8 Å². The second-order valence-corrected chi connectivity index (χ2v) is 11.1. The average molecular weight is 457 g/mol. The van der Waals surface area contributed by atoms with E-state index in [1.54, 1.807) is 4.90 Å². The number of pyridine rings is 1. The molecule has 9 heteroatoms. The number of benzene rings is 1. The van der Waals surface area contributed by atoms with E-state index in [1.165, 1.54) is 11.8 Å². The number of nitrogens with zero attached hydrogens (tertiary/aromatic N) is 4. The highest BCUT2D eigenvalue weighted by Gasteiger charge is 2.34. The molecule has 1 fully saturated rings. The molecule has 2 aromatic heterocycles. The number of aryl methyl sites for hydroxylation is 1. The summed E-state index contributed by atoms with van der Waals surface area (Å²) in [6.45, 7) is 4.41. The van der Waals surface area contributed by atoms with Gasteiger partial charge in [0.05, 0.1) is 38.9 Å². The lowest BCUT2D eigenvalue weighted by Crippen LogP contribution is -2.42. The van der Waals surface area contributed by atoms with Crippen LogP contribution in [0.5, 0.6) is 0 Å². The number of hydrogen-bond acceptors (Lipinski definition) is 6. The van der Waals surface area contributed by atoms with Gasteiger partial charge in [0, 0.05) is 12.6 Å². The first-order valence-corrected chi connectivity index (χ1v) is 13.1. The van der Waals surface area contributed by atoms with Crippen molar-refractivity contribution < 1.29 is 13.2 Å². The summed E-state index contributed by atoms with van der Waals surface area (Å²) in [6, 6.07) is 11.6. The molecule has 1 amide bonds. The summed E-state index contributed by atoms with van der Waals surface area (Å²) < 4.78 is 25.8. The molecule has 7 nitrogen and oxygen atoms in total. The van der Waals surface area contributed by atoms with Crippen molar-refractivity contribution in [3.63, 3.8) is 0 Å². The van der Waals surface area contributed by atoms with Gasteiger partial charge in [0.2, 0.25) is 5.91 Å². The summed E-state index contributed by atoms with van der Waals surface area (Å²) in [5.41, 5.74) is 3.60. The van der Waals surface area contributed by atoms with Crippen molar-refractivity contribution in [3.05, 3.63) is 41.5 Å². The van der Waals surface area contributed by atoms with Crippen molar-refractivity contribution >= 4 is 44.2 Å². The standard InChI is InChI=1S/C22H24N4O3S2/c1-3-9-25(16-8-10-31(28,29)14-16)20(27)13-30-21-11-15(2)17(12-23)22-24-18-6-4-5-7-19(18)26(21)22/h4-7,11,16H,3,8-10,13-14H2,1-2H3/t16-/m0/s1. The van der Waals surface area contributed by atoms with Gasteiger partial charge in [-0.05, 0) is 43.5 Å². The number of carbonyl (C=O) groups is 1. The Hall–Kier alpha value is -2.57. The monoisotopic (exact) mass is 456 g/mol. The molecule has 0 spiro atoms. The number of para-hydroxylation sites is 2. The van der Waals surface area contributed by atoms with Gasteiger partial charge in [0.1, 0.15) is 6.07 Å². The predicted octanol–water partition coefficient (Wildman–Crippen LogP) is 3.19. The highest BCUT2D eigenvalue weighted by atomic mass is 32.2. The van der Waals surface area contributed by atoms with E-state index >= 15 is 0 Å². The zero-order valence-corrected chi connectivity index (χ0v) is 19.2. The molecule has 1 saturated heterocycles. The maximum atomic E-state index is 13.1. The Morgan fingerprint density at radius 2 is 2.16 bits per heavy atom. The van der Waals surface area contributed by atoms with Gasteiger partial charge in [-0.2, -0.15) is 5.26 Å². The molecule has 3 heterocycles. The molecule has 0 saturated carbocycles. The molecule has 3 aromatic rings. The van der Waals surface area contributed by atoms with Crippen LogP contribution in [0.15, 0.2) is 35.4 Å². The molecule has 0 N–H and O–H groups in total. The third-order valence-corrected chi connectivity index (χ3v) is 8.37. The first kappa shape index (κ1) is 21.7. The zero-order valence-electron chi connectivity index (χ0n) is 17.5. The van der Waals surface area contributed by atoms with Crippen LogP contribution in [0.4, 0.5) is 0 Å². The number of rotatable bonds is 6. The Kier molecular flexibility index (Phi) is 5.95. The minimum atomic E-state index is -3.06. The second kappa shape index (κ2) is 8.52. The second-order valence-electron chi connectivity index (χ2n) is 7.84. The maximum absolute atomic E-state index is 13.1. The molecule has 31 heavy (non-hydrogen) atoms. The molecule has 0 bridgehead atoms. The Balaban J connectivity index is 1.65. The van der Waals surface area contributed by atoms with Gasteiger partial charge in [-0.15, -0.1) is 0 Å². The number of carbonyl (C=O) groups excluding carboxylic acids is 1. The zero-order chi connectivity index (χ0) is 22.2. The Labute approximate surface area is 186 Å². The average Bonchev–Trinajstić information content (AvgIpc) is 3.30. The largest absolute Gasteiger partial charge is 0.338 e. The van der Waals surface area contributed by atoms with Gasteiger partial charge in [0.25, 0.3) is 0 Å². The summed E-state index contributed by atoms with van der Waals surface area (Å²) in [4.78, 5) is 19.5. The number of aromatic nitrogens is 2. The van der Waals surface area contributed by atoms with Crippen LogP contribution >= 0.6 is 11.8 Å². The molecular formula is C22H24N4O3S2. The van der Waals surface area contributed by atoms with E-state index in [4.69, 9.17) is 0 Å². The molecule has 0 unspecified atom stereocenters. The smallest absolute Gasteiger partial charge is 0.233 e. The SMILES string of the molecule is CCCN(C(=O)CSc1cc(C)c(C#N)c2nc3ccccc3n12)[C@H]1CCS(=O)(=O)C1.